The van der Waals surface area contributed by atoms with Crippen molar-refractivity contribution in [2.24, 2.45) is 5.84 Å². The van der Waals surface area contributed by atoms with Crippen molar-refractivity contribution in [1.29, 1.82) is 0 Å². The molecule has 0 spiro atoms. The summed E-state index contributed by atoms with van der Waals surface area (Å²) < 4.78 is 5.72. The quantitative estimate of drug-likeness (QED) is 0.584. The number of nitrogen functional groups attached to an aromatic ring is 1. The van der Waals surface area contributed by atoms with E-state index in [4.69, 9.17) is 10.6 Å². The van der Waals surface area contributed by atoms with Crippen LogP contribution in [0.1, 0.15) is 23.2 Å². The number of carbonyl (C=O) groups is 1. The van der Waals surface area contributed by atoms with Gasteiger partial charge in [0.25, 0.3) is 5.91 Å². The van der Waals surface area contributed by atoms with Crippen molar-refractivity contribution >= 4 is 11.7 Å². The number of nitrogens with zero attached hydrogens (tertiary/aromatic N) is 2. The number of nitrogens with two attached hydrogens (primary N) is 1. The molecule has 2 aliphatic rings. The molecule has 0 aliphatic carbocycles. The van der Waals surface area contributed by atoms with E-state index in [-0.39, 0.29) is 18.1 Å². The Morgan fingerprint density at radius 2 is 2.17 bits per heavy atom. The first-order chi connectivity index (χ1) is 8.76. The lowest BCUT2D eigenvalue weighted by Gasteiger charge is -2.32. The Morgan fingerprint density at radius 3 is 2.83 bits per heavy atom. The standard InChI is InChI=1S/C12H16N4O2/c13-15-11-5-8(3-4-14-11)12(17)16-6-9-1-2-10(7-16)18-9/h3-5,9-10H,1-2,6-7,13H2,(H,14,15). The van der Waals surface area contributed by atoms with Crippen LogP contribution in [0.5, 0.6) is 0 Å². The fourth-order valence-corrected chi connectivity index (χ4v) is 2.61. The van der Waals surface area contributed by atoms with E-state index >= 15 is 0 Å². The van der Waals surface area contributed by atoms with Gasteiger partial charge in [-0.15, -0.1) is 0 Å². The third-order valence-electron chi connectivity index (χ3n) is 3.49. The largest absolute Gasteiger partial charge is 0.371 e. The highest BCUT2D eigenvalue weighted by molar-refractivity contribution is 5.95. The molecule has 0 radical (unpaired) electrons. The summed E-state index contributed by atoms with van der Waals surface area (Å²) >= 11 is 0. The number of hydrazine groups is 1. The van der Waals surface area contributed by atoms with Gasteiger partial charge in [-0.05, 0) is 25.0 Å². The van der Waals surface area contributed by atoms with Gasteiger partial charge in [-0.2, -0.15) is 0 Å². The SMILES string of the molecule is NNc1cc(C(=O)N2CC3CCC(C2)O3)ccn1. The Kier molecular flexibility index (Phi) is 2.89. The minimum absolute atomic E-state index is 0.0223. The lowest BCUT2D eigenvalue weighted by atomic mass is 10.2. The zero-order chi connectivity index (χ0) is 12.5. The summed E-state index contributed by atoms with van der Waals surface area (Å²) in [7, 11) is 0. The van der Waals surface area contributed by atoms with E-state index in [0.717, 1.165) is 12.8 Å². The summed E-state index contributed by atoms with van der Waals surface area (Å²) in [5.74, 6) is 5.81. The van der Waals surface area contributed by atoms with Gasteiger partial charge in [0.05, 0.1) is 12.2 Å². The number of aromatic nitrogens is 1. The van der Waals surface area contributed by atoms with E-state index in [9.17, 15) is 4.79 Å². The van der Waals surface area contributed by atoms with Crippen LogP contribution in [0.15, 0.2) is 18.3 Å². The van der Waals surface area contributed by atoms with Gasteiger partial charge < -0.3 is 15.1 Å². The van der Waals surface area contributed by atoms with Gasteiger partial charge in [-0.25, -0.2) is 10.8 Å². The number of nitrogens with one attached hydrogen (secondary N) is 1. The van der Waals surface area contributed by atoms with E-state index in [1.54, 1.807) is 18.3 Å². The number of likely N-dealkylation sites (tertiary alicyclic amines) is 1. The third kappa shape index (κ3) is 2.04. The maximum absolute atomic E-state index is 12.4. The van der Waals surface area contributed by atoms with Crippen LogP contribution in [0.25, 0.3) is 0 Å². The van der Waals surface area contributed by atoms with Crippen LogP contribution in [-0.4, -0.2) is 41.1 Å². The summed E-state index contributed by atoms with van der Waals surface area (Å²) in [6.45, 7) is 1.37. The Balaban J connectivity index is 1.77. The first-order valence-electron chi connectivity index (χ1n) is 6.13. The molecule has 2 saturated heterocycles. The van der Waals surface area contributed by atoms with Gasteiger partial charge in [0.2, 0.25) is 0 Å². The lowest BCUT2D eigenvalue weighted by molar-refractivity contribution is -0.0303. The maximum atomic E-state index is 12.4. The highest BCUT2D eigenvalue weighted by Gasteiger charge is 2.35. The average molecular weight is 248 g/mol. The summed E-state index contributed by atoms with van der Waals surface area (Å²) in [6.07, 6.45) is 4.11. The molecule has 2 atom stereocenters. The minimum Gasteiger partial charge on any atom is -0.371 e. The van der Waals surface area contributed by atoms with Crippen molar-refractivity contribution < 1.29 is 9.53 Å². The van der Waals surface area contributed by atoms with Gasteiger partial charge in [0.1, 0.15) is 5.82 Å². The lowest BCUT2D eigenvalue weighted by Crippen LogP contribution is -2.45. The monoisotopic (exact) mass is 248 g/mol. The zero-order valence-electron chi connectivity index (χ0n) is 10.0. The molecule has 1 aromatic rings. The molecule has 0 saturated carbocycles. The van der Waals surface area contributed by atoms with Crippen LogP contribution < -0.4 is 11.3 Å². The second-order valence-electron chi connectivity index (χ2n) is 4.74. The van der Waals surface area contributed by atoms with Crippen LogP contribution in [0.4, 0.5) is 5.82 Å². The molecule has 1 aromatic heterocycles. The number of morpholine rings is 1. The molecule has 3 N–H and O–H groups in total. The zero-order valence-corrected chi connectivity index (χ0v) is 10.0. The molecule has 2 bridgehead atoms. The van der Waals surface area contributed by atoms with E-state index in [0.29, 0.717) is 24.5 Å². The summed E-state index contributed by atoms with van der Waals surface area (Å²) in [5, 5.41) is 0. The number of carbonyl (C=O) groups excluding carboxylic acids is 1. The van der Waals surface area contributed by atoms with Crippen LogP contribution in [0, 0.1) is 0 Å². The van der Waals surface area contributed by atoms with Gasteiger partial charge in [0.15, 0.2) is 0 Å². The molecule has 3 rings (SSSR count). The topological polar surface area (TPSA) is 80.5 Å². The van der Waals surface area contributed by atoms with Crippen molar-refractivity contribution in [2.75, 3.05) is 18.5 Å². The molecular weight excluding hydrogens is 232 g/mol. The van der Waals surface area contributed by atoms with Gasteiger partial charge in [-0.1, -0.05) is 0 Å². The average Bonchev–Trinajstić information content (AvgIpc) is 2.76. The van der Waals surface area contributed by atoms with Crippen LogP contribution in [0.3, 0.4) is 0 Å². The molecule has 2 unspecified atom stereocenters. The minimum atomic E-state index is 0.0223. The van der Waals surface area contributed by atoms with Gasteiger partial charge in [-0.3, -0.25) is 4.79 Å². The fraction of sp³-hybridized carbons (Fsp3) is 0.500. The van der Waals surface area contributed by atoms with E-state index in [1.807, 2.05) is 4.90 Å². The predicted octanol–water partition coefficient (Wildman–Crippen LogP) is 0.371. The number of rotatable bonds is 2. The number of ether oxygens (including phenoxy) is 1. The summed E-state index contributed by atoms with van der Waals surface area (Å²) in [4.78, 5) is 18.2. The maximum Gasteiger partial charge on any atom is 0.254 e. The van der Waals surface area contributed by atoms with Crippen LogP contribution in [-0.2, 0) is 4.74 Å². The molecule has 1 amide bonds. The predicted molar refractivity (Wildman–Crippen MR) is 65.8 cm³/mol. The number of amides is 1. The van der Waals surface area contributed by atoms with E-state index in [2.05, 4.69) is 10.4 Å². The normalized spacial score (nSPS) is 26.2. The van der Waals surface area contributed by atoms with Crippen LogP contribution in [0.2, 0.25) is 0 Å². The number of anilines is 1. The highest BCUT2D eigenvalue weighted by Crippen LogP contribution is 2.27. The molecule has 96 valence electrons. The van der Waals surface area contributed by atoms with Crippen molar-refractivity contribution in [3.05, 3.63) is 23.9 Å². The van der Waals surface area contributed by atoms with Crippen molar-refractivity contribution in [1.82, 2.24) is 9.88 Å². The Labute approximate surface area is 105 Å². The molecule has 3 heterocycles. The van der Waals surface area contributed by atoms with Crippen molar-refractivity contribution in [2.45, 2.75) is 25.0 Å². The molecule has 2 fully saturated rings. The number of fused-ring (bicyclic) bond motifs is 2. The smallest absolute Gasteiger partial charge is 0.254 e. The second kappa shape index (κ2) is 4.55. The third-order valence-corrected chi connectivity index (χ3v) is 3.49. The Morgan fingerprint density at radius 1 is 1.44 bits per heavy atom. The molecule has 2 aliphatic heterocycles. The summed E-state index contributed by atoms with van der Waals surface area (Å²) in [6, 6.07) is 3.38. The van der Waals surface area contributed by atoms with Crippen molar-refractivity contribution in [3.8, 4) is 0 Å². The first-order valence-corrected chi connectivity index (χ1v) is 6.13. The Hall–Kier alpha value is -1.66. The number of hydrogen-bond donors (Lipinski definition) is 2. The van der Waals surface area contributed by atoms with Crippen molar-refractivity contribution in [3.63, 3.8) is 0 Å². The molecular formula is C12H16N4O2. The van der Waals surface area contributed by atoms with Gasteiger partial charge in [0, 0.05) is 24.8 Å². The molecule has 0 aromatic carbocycles. The highest BCUT2D eigenvalue weighted by atomic mass is 16.5. The second-order valence-corrected chi connectivity index (χ2v) is 4.74. The molecule has 6 nitrogen and oxygen atoms in total. The van der Waals surface area contributed by atoms with Crippen LogP contribution >= 0.6 is 0 Å². The summed E-state index contributed by atoms with van der Waals surface area (Å²) in [5.41, 5.74) is 3.06. The van der Waals surface area contributed by atoms with E-state index < -0.39 is 0 Å². The Bertz CT molecular complexity index is 453. The first kappa shape index (κ1) is 11.4. The number of pyridine rings is 1. The van der Waals surface area contributed by atoms with Gasteiger partial charge >= 0.3 is 0 Å². The fourth-order valence-electron chi connectivity index (χ4n) is 2.61. The molecule has 18 heavy (non-hydrogen) atoms. The molecule has 6 heteroatoms. The van der Waals surface area contributed by atoms with E-state index in [1.165, 1.54) is 0 Å². The number of hydrogen-bond acceptors (Lipinski definition) is 5.